The van der Waals surface area contributed by atoms with Gasteiger partial charge in [-0.15, -0.1) is 0 Å². The lowest BCUT2D eigenvalue weighted by molar-refractivity contribution is 0.174. The molecule has 1 aliphatic heterocycles. The lowest BCUT2D eigenvalue weighted by Gasteiger charge is -2.20. The standard InChI is InChI=1S/C23H33N5O2/c1-6-24-22(26-15(2)11-19-16(3)27-28(5)17(19)4)25-13-23(9-10-23)18-7-8-20-21(12-18)30-14-29-20/h7-8,12,15H,6,9-11,13-14H2,1-5H3,(H2,24,25,26). The summed E-state index contributed by atoms with van der Waals surface area (Å²) in [6.45, 7) is 10.4. The quantitative estimate of drug-likeness (QED) is 0.541. The maximum Gasteiger partial charge on any atom is 0.231 e. The van der Waals surface area contributed by atoms with Crippen LogP contribution < -0.4 is 20.1 Å². The molecule has 2 heterocycles. The first-order valence-corrected chi connectivity index (χ1v) is 10.9. The summed E-state index contributed by atoms with van der Waals surface area (Å²) in [5.41, 5.74) is 5.05. The van der Waals surface area contributed by atoms with Gasteiger partial charge in [0.2, 0.25) is 6.79 Å². The topological polar surface area (TPSA) is 72.7 Å². The molecule has 30 heavy (non-hydrogen) atoms. The fraction of sp³-hybridized carbons (Fsp3) is 0.565. The van der Waals surface area contributed by atoms with Gasteiger partial charge in [-0.2, -0.15) is 5.10 Å². The molecule has 0 bridgehead atoms. The van der Waals surface area contributed by atoms with Crippen LogP contribution in [0.5, 0.6) is 11.5 Å². The van der Waals surface area contributed by atoms with Crippen LogP contribution in [-0.4, -0.2) is 41.7 Å². The van der Waals surface area contributed by atoms with Crippen LogP contribution in [0.25, 0.3) is 0 Å². The third kappa shape index (κ3) is 4.11. The van der Waals surface area contributed by atoms with E-state index in [1.54, 1.807) is 0 Å². The molecule has 2 aromatic rings. The fourth-order valence-corrected chi connectivity index (χ4v) is 4.17. The van der Waals surface area contributed by atoms with Crippen LogP contribution in [0.2, 0.25) is 0 Å². The second kappa shape index (κ2) is 8.20. The number of nitrogens with one attached hydrogen (secondary N) is 2. The van der Waals surface area contributed by atoms with Gasteiger partial charge in [-0.25, -0.2) is 0 Å². The Bertz CT molecular complexity index is 945. The van der Waals surface area contributed by atoms with Crippen molar-refractivity contribution >= 4 is 5.96 Å². The molecule has 1 unspecified atom stereocenters. The Balaban J connectivity index is 1.43. The van der Waals surface area contributed by atoms with Crippen LogP contribution in [-0.2, 0) is 18.9 Å². The number of hydrogen-bond donors (Lipinski definition) is 2. The molecule has 0 saturated heterocycles. The Morgan fingerprint density at radius 1 is 1.27 bits per heavy atom. The van der Waals surface area contributed by atoms with Crippen LogP contribution >= 0.6 is 0 Å². The van der Waals surface area contributed by atoms with Crippen molar-refractivity contribution in [2.45, 2.75) is 58.4 Å². The highest BCUT2D eigenvalue weighted by molar-refractivity contribution is 5.80. The zero-order valence-corrected chi connectivity index (χ0v) is 18.7. The van der Waals surface area contributed by atoms with E-state index in [0.717, 1.165) is 55.5 Å². The van der Waals surface area contributed by atoms with Gasteiger partial charge >= 0.3 is 0 Å². The van der Waals surface area contributed by atoms with Crippen LogP contribution in [0.4, 0.5) is 0 Å². The molecule has 162 valence electrons. The van der Waals surface area contributed by atoms with Gasteiger partial charge in [0.15, 0.2) is 17.5 Å². The normalized spacial score (nSPS) is 17.7. The minimum atomic E-state index is 0.114. The van der Waals surface area contributed by atoms with E-state index in [0.29, 0.717) is 6.79 Å². The lowest BCUT2D eigenvalue weighted by Crippen LogP contribution is -2.43. The fourth-order valence-electron chi connectivity index (χ4n) is 4.17. The van der Waals surface area contributed by atoms with Crippen molar-refractivity contribution < 1.29 is 9.47 Å². The zero-order chi connectivity index (χ0) is 21.3. The van der Waals surface area contributed by atoms with Crippen molar-refractivity contribution in [2.75, 3.05) is 19.9 Å². The number of guanidine groups is 1. The van der Waals surface area contributed by atoms with Gasteiger partial charge in [-0.3, -0.25) is 9.67 Å². The van der Waals surface area contributed by atoms with Crippen molar-refractivity contribution in [1.82, 2.24) is 20.4 Å². The smallest absolute Gasteiger partial charge is 0.231 e. The summed E-state index contributed by atoms with van der Waals surface area (Å²) in [4.78, 5) is 4.95. The number of nitrogens with zero attached hydrogens (tertiary/aromatic N) is 3. The summed E-state index contributed by atoms with van der Waals surface area (Å²) in [7, 11) is 2.00. The SMILES string of the molecule is CCNC(=NCC1(c2ccc3c(c2)OCO3)CC1)NC(C)Cc1c(C)nn(C)c1C. The number of hydrogen-bond acceptors (Lipinski definition) is 4. The van der Waals surface area contributed by atoms with Crippen molar-refractivity contribution in [3.05, 3.63) is 40.7 Å². The van der Waals surface area contributed by atoms with E-state index >= 15 is 0 Å². The number of rotatable bonds is 7. The zero-order valence-electron chi connectivity index (χ0n) is 18.7. The van der Waals surface area contributed by atoms with Gasteiger partial charge in [0, 0.05) is 30.7 Å². The maximum absolute atomic E-state index is 5.57. The maximum atomic E-state index is 5.57. The molecule has 1 aromatic heterocycles. The molecular formula is C23H33N5O2. The van der Waals surface area contributed by atoms with Gasteiger partial charge in [0.1, 0.15) is 0 Å². The summed E-state index contributed by atoms with van der Waals surface area (Å²) < 4.78 is 13.0. The van der Waals surface area contributed by atoms with Crippen LogP contribution in [0, 0.1) is 13.8 Å². The monoisotopic (exact) mass is 411 g/mol. The Morgan fingerprint density at radius 3 is 2.70 bits per heavy atom. The lowest BCUT2D eigenvalue weighted by atomic mass is 9.96. The number of aryl methyl sites for hydroxylation is 2. The molecule has 1 aliphatic carbocycles. The predicted octanol–water partition coefficient (Wildman–Crippen LogP) is 2.98. The molecule has 2 aliphatic rings. The van der Waals surface area contributed by atoms with Crippen LogP contribution in [0.15, 0.2) is 23.2 Å². The number of ether oxygens (including phenoxy) is 2. The summed E-state index contributed by atoms with van der Waals surface area (Å²) in [6.07, 6.45) is 3.22. The van der Waals surface area contributed by atoms with Gasteiger partial charge in [0.25, 0.3) is 0 Å². The molecule has 7 nitrogen and oxygen atoms in total. The molecule has 0 amide bonds. The highest BCUT2D eigenvalue weighted by Crippen LogP contribution is 2.50. The largest absolute Gasteiger partial charge is 0.454 e. The molecule has 1 fully saturated rings. The third-order valence-corrected chi connectivity index (χ3v) is 6.27. The van der Waals surface area contributed by atoms with Crippen molar-refractivity contribution in [2.24, 2.45) is 12.0 Å². The highest BCUT2D eigenvalue weighted by Gasteiger charge is 2.44. The van der Waals surface area contributed by atoms with Crippen LogP contribution in [0.1, 0.15) is 49.2 Å². The van der Waals surface area contributed by atoms with Crippen molar-refractivity contribution in [1.29, 1.82) is 0 Å². The molecule has 0 radical (unpaired) electrons. The van der Waals surface area contributed by atoms with E-state index in [1.807, 2.05) is 17.8 Å². The summed E-state index contributed by atoms with van der Waals surface area (Å²) in [6, 6.07) is 6.56. The second-order valence-electron chi connectivity index (χ2n) is 8.57. The molecule has 1 saturated carbocycles. The average Bonchev–Trinajstić information content (AvgIpc) is 3.30. The Morgan fingerprint density at radius 2 is 2.03 bits per heavy atom. The molecule has 0 spiro atoms. The van der Waals surface area contributed by atoms with E-state index in [9.17, 15) is 0 Å². The van der Waals surface area contributed by atoms with E-state index in [1.165, 1.54) is 16.8 Å². The number of aliphatic imine (C=N–C) groups is 1. The molecule has 2 N–H and O–H groups in total. The van der Waals surface area contributed by atoms with Gasteiger partial charge in [-0.05, 0) is 70.2 Å². The predicted molar refractivity (Wildman–Crippen MR) is 118 cm³/mol. The molecule has 7 heteroatoms. The minimum absolute atomic E-state index is 0.114. The summed E-state index contributed by atoms with van der Waals surface area (Å²) in [5.74, 6) is 2.56. The minimum Gasteiger partial charge on any atom is -0.454 e. The second-order valence-corrected chi connectivity index (χ2v) is 8.57. The van der Waals surface area contributed by atoms with Crippen molar-refractivity contribution in [3.8, 4) is 11.5 Å². The highest BCUT2D eigenvalue weighted by atomic mass is 16.7. The van der Waals surface area contributed by atoms with Crippen molar-refractivity contribution in [3.63, 3.8) is 0 Å². The van der Waals surface area contributed by atoms with Gasteiger partial charge < -0.3 is 20.1 Å². The van der Waals surface area contributed by atoms with Gasteiger partial charge in [-0.1, -0.05) is 6.07 Å². The molecule has 1 atom stereocenters. The Hall–Kier alpha value is -2.70. The first kappa shape index (κ1) is 20.6. The van der Waals surface area contributed by atoms with E-state index in [-0.39, 0.29) is 11.5 Å². The number of benzene rings is 1. The Labute approximate surface area is 178 Å². The average molecular weight is 412 g/mol. The number of fused-ring (bicyclic) bond motifs is 1. The van der Waals surface area contributed by atoms with E-state index in [2.05, 4.69) is 55.6 Å². The summed E-state index contributed by atoms with van der Waals surface area (Å²) in [5, 5.41) is 11.5. The Kier molecular flexibility index (Phi) is 5.62. The van der Waals surface area contributed by atoms with Gasteiger partial charge in [0.05, 0.1) is 12.2 Å². The summed E-state index contributed by atoms with van der Waals surface area (Å²) >= 11 is 0. The third-order valence-electron chi connectivity index (χ3n) is 6.27. The molecular weight excluding hydrogens is 378 g/mol. The van der Waals surface area contributed by atoms with E-state index in [4.69, 9.17) is 14.5 Å². The molecule has 1 aromatic carbocycles. The molecule has 4 rings (SSSR count). The van der Waals surface area contributed by atoms with E-state index < -0.39 is 0 Å². The first-order chi connectivity index (χ1) is 14.4. The number of aromatic nitrogens is 2. The first-order valence-electron chi connectivity index (χ1n) is 10.9. The van der Waals surface area contributed by atoms with Crippen LogP contribution in [0.3, 0.4) is 0 Å².